The zero-order chi connectivity index (χ0) is 20.4. The van der Waals surface area contributed by atoms with Gasteiger partial charge in [-0.1, -0.05) is 13.0 Å². The van der Waals surface area contributed by atoms with Crippen LogP contribution >= 0.6 is 24.0 Å². The molecule has 6 nitrogen and oxygen atoms in total. The molecular weight excluding hydrogens is 479 g/mol. The van der Waals surface area contributed by atoms with E-state index < -0.39 is 0 Å². The lowest BCUT2D eigenvalue weighted by atomic mass is 10.0. The van der Waals surface area contributed by atoms with E-state index in [1.165, 1.54) is 13.0 Å². The molecule has 2 rings (SSSR count). The van der Waals surface area contributed by atoms with E-state index in [1.807, 2.05) is 19.2 Å². The summed E-state index contributed by atoms with van der Waals surface area (Å²) in [6, 6.07) is 4.61. The van der Waals surface area contributed by atoms with Crippen molar-refractivity contribution in [1.82, 2.24) is 15.5 Å². The van der Waals surface area contributed by atoms with Crippen LogP contribution in [0.1, 0.15) is 37.3 Å². The van der Waals surface area contributed by atoms with Gasteiger partial charge in [-0.15, -0.1) is 30.6 Å². The topological polar surface area (TPSA) is 58.1 Å². The quantitative estimate of drug-likeness (QED) is 0.228. The van der Waals surface area contributed by atoms with Gasteiger partial charge in [-0.2, -0.15) is 0 Å². The molecule has 29 heavy (non-hydrogen) atoms. The van der Waals surface area contributed by atoms with Crippen molar-refractivity contribution in [2.45, 2.75) is 45.2 Å². The molecule has 0 unspecified atom stereocenters. The van der Waals surface area contributed by atoms with Crippen molar-refractivity contribution in [3.63, 3.8) is 0 Å². The molecule has 1 saturated heterocycles. The van der Waals surface area contributed by atoms with Gasteiger partial charge in [0.15, 0.2) is 17.5 Å². The maximum Gasteiger partial charge on any atom is 0.191 e. The Morgan fingerprint density at radius 2 is 2.00 bits per heavy atom. The number of likely N-dealkylation sites (tertiary alicyclic amines) is 1. The highest BCUT2D eigenvalue weighted by atomic mass is 127. The van der Waals surface area contributed by atoms with Gasteiger partial charge < -0.3 is 25.0 Å². The third kappa shape index (κ3) is 7.70. The van der Waals surface area contributed by atoms with Crippen LogP contribution in [0.4, 0.5) is 0 Å². The van der Waals surface area contributed by atoms with Gasteiger partial charge in [0.2, 0.25) is 0 Å². The number of hydrogen-bond donors (Lipinski definition) is 2. The predicted molar refractivity (Wildman–Crippen MR) is 132 cm³/mol. The Balaban J connectivity index is 0.00000420. The Bertz CT molecular complexity index is 658. The fourth-order valence-corrected chi connectivity index (χ4v) is 3.71. The van der Waals surface area contributed by atoms with Gasteiger partial charge in [0.1, 0.15) is 0 Å². The highest BCUT2D eigenvalue weighted by Gasteiger charge is 2.19. The summed E-state index contributed by atoms with van der Waals surface area (Å²) in [5.74, 6) is 2.35. The van der Waals surface area contributed by atoms with Crippen molar-refractivity contribution in [3.05, 3.63) is 35.9 Å². The Morgan fingerprint density at radius 1 is 1.28 bits per heavy atom. The normalized spacial score (nSPS) is 15.4. The van der Waals surface area contributed by atoms with Crippen LogP contribution < -0.4 is 20.1 Å². The number of guanidine groups is 1. The number of aliphatic imine (C=N–C) groups is 1. The zero-order valence-electron chi connectivity index (χ0n) is 18.3. The second-order valence-corrected chi connectivity index (χ2v) is 7.17. The maximum atomic E-state index is 5.51. The highest BCUT2D eigenvalue weighted by molar-refractivity contribution is 14.0. The molecule has 1 aromatic carbocycles. The molecule has 2 N–H and O–H groups in total. The first kappa shape index (κ1) is 25.6. The summed E-state index contributed by atoms with van der Waals surface area (Å²) in [4.78, 5) is 6.94. The summed E-state index contributed by atoms with van der Waals surface area (Å²) < 4.78 is 11.0. The second-order valence-electron chi connectivity index (χ2n) is 7.17. The number of nitrogens with one attached hydrogen (secondary N) is 2. The molecule has 1 aromatic rings. The SMILES string of the molecule is C=CCc1cc(CNC(=NC)NC2CCN(CCC)CC2)cc(OC)c1OC.I. The van der Waals surface area contributed by atoms with Gasteiger partial charge >= 0.3 is 0 Å². The number of rotatable bonds is 9. The van der Waals surface area contributed by atoms with Crippen LogP contribution in [0.25, 0.3) is 0 Å². The van der Waals surface area contributed by atoms with Gasteiger partial charge in [0, 0.05) is 38.3 Å². The first-order chi connectivity index (χ1) is 13.6. The van der Waals surface area contributed by atoms with Crippen molar-refractivity contribution in [2.75, 3.05) is 40.9 Å². The van der Waals surface area contributed by atoms with E-state index >= 15 is 0 Å². The van der Waals surface area contributed by atoms with Crippen molar-refractivity contribution >= 4 is 29.9 Å². The van der Waals surface area contributed by atoms with Crippen LogP contribution in [-0.4, -0.2) is 57.8 Å². The van der Waals surface area contributed by atoms with Gasteiger partial charge in [-0.3, -0.25) is 4.99 Å². The third-order valence-electron chi connectivity index (χ3n) is 5.13. The molecule has 0 aliphatic carbocycles. The smallest absolute Gasteiger partial charge is 0.191 e. The monoisotopic (exact) mass is 516 g/mol. The Hall–Kier alpha value is -1.48. The third-order valence-corrected chi connectivity index (χ3v) is 5.13. The molecule has 0 radical (unpaired) electrons. The molecular formula is C22H37IN4O2. The van der Waals surface area contributed by atoms with Crippen LogP contribution in [-0.2, 0) is 13.0 Å². The Labute approximate surface area is 193 Å². The summed E-state index contributed by atoms with van der Waals surface area (Å²) in [6.07, 6.45) is 6.14. The van der Waals surface area contributed by atoms with Crippen LogP contribution in [0.2, 0.25) is 0 Å². The van der Waals surface area contributed by atoms with Gasteiger partial charge in [0.05, 0.1) is 14.2 Å². The molecule has 0 spiro atoms. The van der Waals surface area contributed by atoms with E-state index in [9.17, 15) is 0 Å². The number of benzene rings is 1. The summed E-state index contributed by atoms with van der Waals surface area (Å²) in [6.45, 7) is 10.3. The summed E-state index contributed by atoms with van der Waals surface area (Å²) in [5, 5.41) is 7.00. The van der Waals surface area contributed by atoms with Crippen LogP contribution in [0.15, 0.2) is 29.8 Å². The van der Waals surface area contributed by atoms with Gasteiger partial charge in [-0.05, 0) is 49.9 Å². The van der Waals surface area contributed by atoms with Crippen LogP contribution in [0, 0.1) is 0 Å². The molecule has 0 amide bonds. The average Bonchev–Trinajstić information content (AvgIpc) is 2.72. The predicted octanol–water partition coefficient (Wildman–Crippen LogP) is 3.59. The average molecular weight is 516 g/mol. The number of hydrogen-bond acceptors (Lipinski definition) is 4. The molecule has 1 aliphatic heterocycles. The first-order valence-electron chi connectivity index (χ1n) is 10.2. The number of nitrogens with zero attached hydrogens (tertiary/aromatic N) is 2. The van der Waals surface area contributed by atoms with E-state index in [4.69, 9.17) is 9.47 Å². The van der Waals surface area contributed by atoms with E-state index in [1.54, 1.807) is 14.2 Å². The van der Waals surface area contributed by atoms with Crippen molar-refractivity contribution in [1.29, 1.82) is 0 Å². The summed E-state index contributed by atoms with van der Waals surface area (Å²) in [7, 11) is 5.15. The van der Waals surface area contributed by atoms with Crippen molar-refractivity contribution in [2.24, 2.45) is 4.99 Å². The lowest BCUT2D eigenvalue weighted by Crippen LogP contribution is -2.48. The number of allylic oxidation sites excluding steroid dienone is 1. The lowest BCUT2D eigenvalue weighted by molar-refractivity contribution is 0.206. The van der Waals surface area contributed by atoms with Crippen LogP contribution in [0.5, 0.6) is 11.5 Å². The molecule has 0 bridgehead atoms. The first-order valence-corrected chi connectivity index (χ1v) is 10.2. The summed E-state index contributed by atoms with van der Waals surface area (Å²) in [5.41, 5.74) is 2.19. The second kappa shape index (κ2) is 13.7. The number of ether oxygens (including phenoxy) is 2. The van der Waals surface area contributed by atoms with Crippen molar-refractivity contribution < 1.29 is 9.47 Å². The van der Waals surface area contributed by atoms with E-state index in [2.05, 4.69) is 40.1 Å². The minimum atomic E-state index is 0. The molecule has 1 aliphatic rings. The Kier molecular flexibility index (Phi) is 12.1. The largest absolute Gasteiger partial charge is 0.493 e. The van der Waals surface area contributed by atoms with Crippen molar-refractivity contribution in [3.8, 4) is 11.5 Å². The molecule has 1 fully saturated rings. The highest BCUT2D eigenvalue weighted by Crippen LogP contribution is 2.33. The van der Waals surface area contributed by atoms with Gasteiger partial charge in [0.25, 0.3) is 0 Å². The van der Waals surface area contributed by atoms with Gasteiger partial charge in [-0.25, -0.2) is 0 Å². The lowest BCUT2D eigenvalue weighted by Gasteiger charge is -2.32. The molecule has 7 heteroatoms. The molecule has 164 valence electrons. The molecule has 0 aromatic heterocycles. The standard InChI is InChI=1S/C22H36N4O2.HI/c1-6-8-18-14-17(15-20(27-4)21(18)28-5)16-24-22(23-3)25-19-9-12-26(11-7-2)13-10-19;/h6,14-15,19H,1,7-13,16H2,2-5H3,(H2,23,24,25);1H. The number of methoxy groups -OCH3 is 2. The van der Waals surface area contributed by atoms with Crippen LogP contribution in [0.3, 0.4) is 0 Å². The molecule has 0 saturated carbocycles. The Morgan fingerprint density at radius 3 is 2.55 bits per heavy atom. The fourth-order valence-electron chi connectivity index (χ4n) is 3.71. The maximum absolute atomic E-state index is 5.51. The summed E-state index contributed by atoms with van der Waals surface area (Å²) >= 11 is 0. The number of piperidine rings is 1. The molecule has 0 atom stereocenters. The zero-order valence-corrected chi connectivity index (χ0v) is 20.6. The molecule has 1 heterocycles. The van der Waals surface area contributed by atoms with E-state index in [0.29, 0.717) is 12.6 Å². The fraction of sp³-hybridized carbons (Fsp3) is 0.591. The minimum absolute atomic E-state index is 0. The number of halogens is 1. The van der Waals surface area contributed by atoms with E-state index in [-0.39, 0.29) is 24.0 Å². The minimum Gasteiger partial charge on any atom is -0.493 e. The van der Waals surface area contributed by atoms with E-state index in [0.717, 1.165) is 60.9 Å².